The number of hydrogen-bond donors (Lipinski definition) is 1. The van der Waals surface area contributed by atoms with Crippen LogP contribution in [0.2, 0.25) is 0 Å². The summed E-state index contributed by atoms with van der Waals surface area (Å²) in [6, 6.07) is 0.706. The van der Waals surface area contributed by atoms with Crippen LogP contribution in [0.3, 0.4) is 0 Å². The van der Waals surface area contributed by atoms with Crippen LogP contribution in [0, 0.1) is 11.8 Å². The van der Waals surface area contributed by atoms with Gasteiger partial charge in [-0.2, -0.15) is 0 Å². The lowest BCUT2D eigenvalue weighted by atomic mass is 10.1. The third kappa shape index (κ3) is 2.63. The maximum absolute atomic E-state index is 3.80. The fourth-order valence-electron chi connectivity index (χ4n) is 1.83. The van der Waals surface area contributed by atoms with Crippen molar-refractivity contribution in [2.24, 2.45) is 11.8 Å². The Morgan fingerprint density at radius 3 is 2.75 bits per heavy atom. The molecule has 0 aromatic carbocycles. The molecule has 0 aromatic rings. The van der Waals surface area contributed by atoms with E-state index >= 15 is 0 Å². The molecule has 1 fully saturated rings. The zero-order chi connectivity index (χ0) is 8.97. The molecule has 1 nitrogen and oxygen atoms in total. The van der Waals surface area contributed by atoms with E-state index < -0.39 is 0 Å². The van der Waals surface area contributed by atoms with Gasteiger partial charge in [0.2, 0.25) is 0 Å². The second-order valence-corrected chi connectivity index (χ2v) is 3.96. The van der Waals surface area contributed by atoms with Gasteiger partial charge in [0.25, 0.3) is 0 Å². The molecular formula is C11H21N. The van der Waals surface area contributed by atoms with E-state index in [1.807, 2.05) is 6.08 Å². The molecule has 0 amide bonds. The van der Waals surface area contributed by atoms with E-state index in [1.165, 1.54) is 12.8 Å². The van der Waals surface area contributed by atoms with Gasteiger partial charge in [-0.15, -0.1) is 6.58 Å². The Kier molecular flexibility index (Phi) is 3.80. The maximum atomic E-state index is 3.80. The van der Waals surface area contributed by atoms with Gasteiger partial charge in [0.1, 0.15) is 0 Å². The van der Waals surface area contributed by atoms with Gasteiger partial charge in [0.15, 0.2) is 0 Å². The standard InChI is InChI=1S/C11H21N/c1-4-6-11(12-7-5-2)10-8-9(10)3/h4,9-12H,1,5-8H2,2-3H3. The predicted molar refractivity (Wildman–Crippen MR) is 54.2 cm³/mol. The summed E-state index contributed by atoms with van der Waals surface area (Å²) in [7, 11) is 0. The van der Waals surface area contributed by atoms with E-state index in [1.54, 1.807) is 0 Å². The van der Waals surface area contributed by atoms with Crippen LogP contribution in [-0.2, 0) is 0 Å². The first-order valence-corrected chi connectivity index (χ1v) is 5.13. The summed E-state index contributed by atoms with van der Waals surface area (Å²) < 4.78 is 0. The summed E-state index contributed by atoms with van der Waals surface area (Å²) in [4.78, 5) is 0. The Morgan fingerprint density at radius 2 is 2.33 bits per heavy atom. The van der Waals surface area contributed by atoms with Crippen molar-refractivity contribution in [3.05, 3.63) is 12.7 Å². The van der Waals surface area contributed by atoms with Gasteiger partial charge in [-0.1, -0.05) is 19.9 Å². The third-order valence-electron chi connectivity index (χ3n) is 2.77. The van der Waals surface area contributed by atoms with E-state index in [2.05, 4.69) is 25.7 Å². The second kappa shape index (κ2) is 4.66. The normalized spacial score (nSPS) is 29.8. The summed E-state index contributed by atoms with van der Waals surface area (Å²) in [5, 5.41) is 3.59. The monoisotopic (exact) mass is 167 g/mol. The Morgan fingerprint density at radius 1 is 1.67 bits per heavy atom. The van der Waals surface area contributed by atoms with Gasteiger partial charge in [0, 0.05) is 6.04 Å². The molecule has 1 heteroatoms. The summed E-state index contributed by atoms with van der Waals surface area (Å²) >= 11 is 0. The summed E-state index contributed by atoms with van der Waals surface area (Å²) in [6.07, 6.45) is 5.82. The SMILES string of the molecule is C=CCC(NCCC)C1CC1C. The average molecular weight is 167 g/mol. The molecule has 3 unspecified atom stereocenters. The van der Waals surface area contributed by atoms with Crippen LogP contribution in [0.5, 0.6) is 0 Å². The van der Waals surface area contributed by atoms with Crippen LogP contribution in [0.1, 0.15) is 33.1 Å². The van der Waals surface area contributed by atoms with Crippen molar-refractivity contribution in [3.63, 3.8) is 0 Å². The smallest absolute Gasteiger partial charge is 0.0132 e. The van der Waals surface area contributed by atoms with Gasteiger partial charge in [-0.3, -0.25) is 0 Å². The first-order chi connectivity index (χ1) is 5.79. The van der Waals surface area contributed by atoms with Gasteiger partial charge in [0.05, 0.1) is 0 Å². The van der Waals surface area contributed by atoms with E-state index in [0.29, 0.717) is 6.04 Å². The molecule has 1 aliphatic rings. The number of nitrogens with one attached hydrogen (secondary N) is 1. The zero-order valence-corrected chi connectivity index (χ0v) is 8.34. The van der Waals surface area contributed by atoms with Crippen molar-refractivity contribution in [3.8, 4) is 0 Å². The molecule has 3 atom stereocenters. The fraction of sp³-hybridized carbons (Fsp3) is 0.818. The van der Waals surface area contributed by atoms with Gasteiger partial charge < -0.3 is 5.32 Å². The molecule has 1 N–H and O–H groups in total. The Balaban J connectivity index is 2.23. The van der Waals surface area contributed by atoms with Crippen LogP contribution in [-0.4, -0.2) is 12.6 Å². The maximum Gasteiger partial charge on any atom is 0.0132 e. The lowest BCUT2D eigenvalue weighted by molar-refractivity contribution is 0.450. The Bertz CT molecular complexity index is 142. The molecule has 0 bridgehead atoms. The van der Waals surface area contributed by atoms with Crippen molar-refractivity contribution in [1.82, 2.24) is 5.32 Å². The molecule has 1 rings (SSSR count). The molecule has 0 heterocycles. The highest BCUT2D eigenvalue weighted by molar-refractivity contribution is 4.95. The minimum absolute atomic E-state index is 0.706. The van der Waals surface area contributed by atoms with Crippen molar-refractivity contribution >= 4 is 0 Å². The second-order valence-electron chi connectivity index (χ2n) is 3.96. The molecule has 0 spiro atoms. The summed E-state index contributed by atoms with van der Waals surface area (Å²) in [5.74, 6) is 1.87. The molecule has 0 saturated heterocycles. The highest BCUT2D eigenvalue weighted by atomic mass is 14.9. The lowest BCUT2D eigenvalue weighted by Gasteiger charge is -2.16. The average Bonchev–Trinajstić information content (AvgIpc) is 2.76. The van der Waals surface area contributed by atoms with Crippen molar-refractivity contribution in [2.75, 3.05) is 6.54 Å². The number of hydrogen-bond acceptors (Lipinski definition) is 1. The summed E-state index contributed by atoms with van der Waals surface area (Å²) in [5.41, 5.74) is 0. The van der Waals surface area contributed by atoms with Crippen LogP contribution in [0.25, 0.3) is 0 Å². The molecule has 1 aliphatic carbocycles. The first-order valence-electron chi connectivity index (χ1n) is 5.13. The predicted octanol–water partition coefficient (Wildman–Crippen LogP) is 2.59. The van der Waals surface area contributed by atoms with E-state index in [-0.39, 0.29) is 0 Å². The largest absolute Gasteiger partial charge is 0.313 e. The van der Waals surface area contributed by atoms with E-state index in [0.717, 1.165) is 24.8 Å². The minimum Gasteiger partial charge on any atom is -0.313 e. The minimum atomic E-state index is 0.706. The first kappa shape index (κ1) is 9.79. The van der Waals surface area contributed by atoms with Crippen molar-refractivity contribution < 1.29 is 0 Å². The van der Waals surface area contributed by atoms with Crippen LogP contribution < -0.4 is 5.32 Å². The molecule has 0 aliphatic heterocycles. The van der Waals surface area contributed by atoms with Crippen molar-refractivity contribution in [1.29, 1.82) is 0 Å². The molecule has 1 saturated carbocycles. The van der Waals surface area contributed by atoms with Gasteiger partial charge in [-0.05, 0) is 37.6 Å². The Labute approximate surface area is 76.2 Å². The third-order valence-corrected chi connectivity index (χ3v) is 2.77. The highest BCUT2D eigenvalue weighted by Crippen LogP contribution is 2.41. The molecule has 0 radical (unpaired) electrons. The van der Waals surface area contributed by atoms with Crippen LogP contribution >= 0.6 is 0 Å². The zero-order valence-electron chi connectivity index (χ0n) is 8.34. The van der Waals surface area contributed by atoms with Crippen LogP contribution in [0.4, 0.5) is 0 Å². The quantitative estimate of drug-likeness (QED) is 0.600. The van der Waals surface area contributed by atoms with E-state index in [4.69, 9.17) is 0 Å². The van der Waals surface area contributed by atoms with Crippen LogP contribution in [0.15, 0.2) is 12.7 Å². The van der Waals surface area contributed by atoms with E-state index in [9.17, 15) is 0 Å². The molecule has 70 valence electrons. The van der Waals surface area contributed by atoms with Crippen molar-refractivity contribution in [2.45, 2.75) is 39.2 Å². The van der Waals surface area contributed by atoms with Gasteiger partial charge in [-0.25, -0.2) is 0 Å². The fourth-order valence-corrected chi connectivity index (χ4v) is 1.83. The van der Waals surface area contributed by atoms with Gasteiger partial charge >= 0.3 is 0 Å². The molecule has 0 aromatic heterocycles. The summed E-state index contributed by atoms with van der Waals surface area (Å²) in [6.45, 7) is 9.52. The molecular weight excluding hydrogens is 146 g/mol. The number of rotatable bonds is 6. The lowest BCUT2D eigenvalue weighted by Crippen LogP contribution is -2.31. The topological polar surface area (TPSA) is 12.0 Å². The molecule has 12 heavy (non-hydrogen) atoms. The highest BCUT2D eigenvalue weighted by Gasteiger charge is 2.38. The Hall–Kier alpha value is -0.300.